The van der Waals surface area contributed by atoms with Gasteiger partial charge in [-0.05, 0) is 49.7 Å². The number of sulfonamides is 1. The minimum Gasteiger partial charge on any atom is -0.352 e. The van der Waals surface area contributed by atoms with Gasteiger partial charge in [-0.2, -0.15) is 0 Å². The van der Waals surface area contributed by atoms with E-state index in [4.69, 9.17) is 0 Å². The van der Waals surface area contributed by atoms with Crippen LogP contribution in [0.2, 0.25) is 0 Å². The summed E-state index contributed by atoms with van der Waals surface area (Å²) in [6.07, 6.45) is 0. The van der Waals surface area contributed by atoms with Crippen LogP contribution in [0, 0.1) is 13.8 Å². The van der Waals surface area contributed by atoms with Crippen molar-refractivity contribution in [3.8, 4) is 0 Å². The predicted octanol–water partition coefficient (Wildman–Crippen LogP) is 2.69. The van der Waals surface area contributed by atoms with Crippen molar-refractivity contribution in [2.45, 2.75) is 31.8 Å². The SMILES string of the molecule is CN=C(NCc1ccc(S(=O)(=O)NC)cc1)NCc1ccc(C)cc1C.I. The molecule has 0 saturated heterocycles. The van der Waals surface area contributed by atoms with Crippen molar-refractivity contribution in [1.82, 2.24) is 15.4 Å². The lowest BCUT2D eigenvalue weighted by Crippen LogP contribution is -2.36. The molecule has 0 radical (unpaired) electrons. The molecule has 0 aliphatic heterocycles. The second-order valence-corrected chi connectivity index (χ2v) is 7.95. The average Bonchev–Trinajstić information content (AvgIpc) is 2.63. The number of rotatable bonds is 6. The molecule has 0 heterocycles. The van der Waals surface area contributed by atoms with Crippen molar-refractivity contribution < 1.29 is 8.42 Å². The first-order chi connectivity index (χ1) is 12.4. The highest BCUT2D eigenvalue weighted by Gasteiger charge is 2.10. The Kier molecular flexibility index (Phi) is 9.20. The first-order valence-electron chi connectivity index (χ1n) is 8.39. The highest BCUT2D eigenvalue weighted by molar-refractivity contribution is 14.0. The van der Waals surface area contributed by atoms with E-state index in [1.165, 1.54) is 23.7 Å². The van der Waals surface area contributed by atoms with Crippen LogP contribution >= 0.6 is 24.0 Å². The summed E-state index contributed by atoms with van der Waals surface area (Å²) in [5.74, 6) is 0.692. The number of halogens is 1. The Morgan fingerprint density at radius 3 is 2.19 bits per heavy atom. The van der Waals surface area contributed by atoms with Crippen LogP contribution in [0.4, 0.5) is 0 Å². The Bertz CT molecular complexity index is 881. The summed E-state index contributed by atoms with van der Waals surface area (Å²) in [7, 11) is -0.283. The summed E-state index contributed by atoms with van der Waals surface area (Å²) in [6.45, 7) is 5.41. The quantitative estimate of drug-likeness (QED) is 0.323. The zero-order chi connectivity index (χ0) is 19.2. The largest absolute Gasteiger partial charge is 0.352 e. The summed E-state index contributed by atoms with van der Waals surface area (Å²) >= 11 is 0. The molecule has 3 N–H and O–H groups in total. The minimum atomic E-state index is -3.40. The van der Waals surface area contributed by atoms with Crippen LogP contribution in [0.1, 0.15) is 22.3 Å². The number of benzene rings is 2. The van der Waals surface area contributed by atoms with Crippen LogP contribution in [0.5, 0.6) is 0 Å². The Morgan fingerprint density at radius 1 is 1.00 bits per heavy atom. The van der Waals surface area contributed by atoms with Gasteiger partial charge in [-0.1, -0.05) is 35.9 Å². The first-order valence-corrected chi connectivity index (χ1v) is 9.87. The second-order valence-electron chi connectivity index (χ2n) is 6.06. The summed E-state index contributed by atoms with van der Waals surface area (Å²) in [5.41, 5.74) is 4.68. The Hall–Kier alpha value is -1.65. The molecule has 27 heavy (non-hydrogen) atoms. The number of aliphatic imine (C=N–C) groups is 1. The summed E-state index contributed by atoms with van der Waals surface area (Å²) < 4.78 is 25.8. The van der Waals surface area contributed by atoms with E-state index in [0.29, 0.717) is 19.0 Å². The van der Waals surface area contributed by atoms with Gasteiger partial charge in [0.15, 0.2) is 5.96 Å². The predicted molar refractivity (Wildman–Crippen MR) is 121 cm³/mol. The number of guanidine groups is 1. The van der Waals surface area contributed by atoms with E-state index in [0.717, 1.165) is 5.56 Å². The third kappa shape index (κ3) is 6.78. The maximum atomic E-state index is 11.7. The van der Waals surface area contributed by atoms with Crippen molar-refractivity contribution in [3.05, 3.63) is 64.7 Å². The van der Waals surface area contributed by atoms with Gasteiger partial charge in [-0.3, -0.25) is 4.99 Å². The maximum Gasteiger partial charge on any atom is 0.240 e. The minimum absolute atomic E-state index is 0. The summed E-state index contributed by atoms with van der Waals surface area (Å²) in [6, 6.07) is 13.1. The van der Waals surface area contributed by atoms with Crippen molar-refractivity contribution in [2.24, 2.45) is 4.99 Å². The number of aryl methyl sites for hydroxylation is 2. The maximum absolute atomic E-state index is 11.7. The molecule has 0 amide bonds. The van der Waals surface area contributed by atoms with Crippen LogP contribution in [0.15, 0.2) is 52.4 Å². The van der Waals surface area contributed by atoms with E-state index >= 15 is 0 Å². The summed E-state index contributed by atoms with van der Waals surface area (Å²) in [5, 5.41) is 6.53. The van der Waals surface area contributed by atoms with Crippen LogP contribution in [-0.4, -0.2) is 28.5 Å². The number of nitrogens with zero attached hydrogens (tertiary/aromatic N) is 1. The Labute approximate surface area is 178 Å². The molecule has 0 spiro atoms. The first kappa shape index (κ1) is 23.4. The summed E-state index contributed by atoms with van der Waals surface area (Å²) in [4.78, 5) is 4.48. The van der Waals surface area contributed by atoms with Gasteiger partial charge in [0.1, 0.15) is 0 Å². The van der Waals surface area contributed by atoms with Gasteiger partial charge in [0.2, 0.25) is 10.0 Å². The molecule has 0 bridgehead atoms. The van der Waals surface area contributed by atoms with Gasteiger partial charge >= 0.3 is 0 Å². The molecule has 2 aromatic rings. The molecular formula is C19H27IN4O2S. The molecule has 0 aliphatic rings. The van der Waals surface area contributed by atoms with E-state index in [1.807, 2.05) is 0 Å². The van der Waals surface area contributed by atoms with Crippen molar-refractivity contribution in [2.75, 3.05) is 14.1 Å². The van der Waals surface area contributed by atoms with Crippen LogP contribution < -0.4 is 15.4 Å². The van der Waals surface area contributed by atoms with Crippen LogP contribution in [0.3, 0.4) is 0 Å². The highest BCUT2D eigenvalue weighted by atomic mass is 127. The van der Waals surface area contributed by atoms with Crippen LogP contribution in [-0.2, 0) is 23.1 Å². The van der Waals surface area contributed by atoms with Crippen molar-refractivity contribution >= 4 is 40.0 Å². The topological polar surface area (TPSA) is 82.6 Å². The molecular weight excluding hydrogens is 475 g/mol. The fourth-order valence-corrected chi connectivity index (χ4v) is 3.26. The highest BCUT2D eigenvalue weighted by Crippen LogP contribution is 2.11. The van der Waals surface area contributed by atoms with Gasteiger partial charge in [0.25, 0.3) is 0 Å². The van der Waals surface area contributed by atoms with E-state index in [2.05, 4.69) is 52.4 Å². The Balaban J connectivity index is 0.00000364. The molecule has 2 rings (SSSR count). The van der Waals surface area contributed by atoms with Gasteiger partial charge in [0, 0.05) is 20.1 Å². The average molecular weight is 502 g/mol. The molecule has 0 saturated carbocycles. The number of hydrogen-bond donors (Lipinski definition) is 3. The standard InChI is InChI=1S/C19H26N4O2S.HI/c1-14-5-8-17(15(2)11-14)13-23-19(20-3)22-12-16-6-9-18(10-7-16)26(24,25)21-4;/h5-11,21H,12-13H2,1-4H3,(H2,20,22,23);1H. The zero-order valence-corrected chi connectivity index (χ0v) is 19.2. The zero-order valence-electron chi connectivity index (χ0n) is 16.0. The van der Waals surface area contributed by atoms with Crippen LogP contribution in [0.25, 0.3) is 0 Å². The van der Waals surface area contributed by atoms with Crippen molar-refractivity contribution in [1.29, 1.82) is 0 Å². The van der Waals surface area contributed by atoms with Gasteiger partial charge in [0.05, 0.1) is 4.90 Å². The Morgan fingerprint density at radius 2 is 1.63 bits per heavy atom. The fourth-order valence-electron chi connectivity index (χ4n) is 2.53. The molecule has 0 fully saturated rings. The molecule has 0 unspecified atom stereocenters. The lowest BCUT2D eigenvalue weighted by molar-refractivity contribution is 0.588. The molecule has 0 atom stereocenters. The van der Waals surface area contributed by atoms with E-state index in [9.17, 15) is 8.42 Å². The molecule has 6 nitrogen and oxygen atoms in total. The monoisotopic (exact) mass is 502 g/mol. The van der Waals surface area contributed by atoms with Gasteiger partial charge in [-0.15, -0.1) is 24.0 Å². The van der Waals surface area contributed by atoms with Gasteiger partial charge < -0.3 is 10.6 Å². The number of nitrogens with one attached hydrogen (secondary N) is 3. The fraction of sp³-hybridized carbons (Fsp3) is 0.316. The normalized spacial score (nSPS) is 11.6. The van der Waals surface area contributed by atoms with E-state index < -0.39 is 10.0 Å². The lowest BCUT2D eigenvalue weighted by Gasteiger charge is -2.14. The second kappa shape index (κ2) is 10.6. The lowest BCUT2D eigenvalue weighted by atomic mass is 10.1. The number of hydrogen-bond acceptors (Lipinski definition) is 3. The smallest absolute Gasteiger partial charge is 0.240 e. The molecule has 8 heteroatoms. The van der Waals surface area contributed by atoms with E-state index in [-0.39, 0.29) is 28.9 Å². The molecule has 2 aromatic carbocycles. The third-order valence-corrected chi connectivity index (χ3v) is 5.56. The molecule has 0 aliphatic carbocycles. The molecule has 0 aromatic heterocycles. The van der Waals surface area contributed by atoms with Gasteiger partial charge in [-0.25, -0.2) is 13.1 Å². The van der Waals surface area contributed by atoms with E-state index in [1.54, 1.807) is 31.3 Å². The third-order valence-electron chi connectivity index (χ3n) is 4.13. The molecule has 148 valence electrons. The van der Waals surface area contributed by atoms with Crippen molar-refractivity contribution in [3.63, 3.8) is 0 Å².